The minimum atomic E-state index is -0.673. The van der Waals surface area contributed by atoms with Crippen molar-refractivity contribution < 1.29 is 18.8 Å². The minimum Gasteiger partial charge on any atom is -0.445 e. The smallest absolute Gasteiger partial charge is 0.445 e. The number of hydrogen-bond donors (Lipinski definition) is 2. The van der Waals surface area contributed by atoms with Crippen molar-refractivity contribution in [2.75, 3.05) is 6.54 Å². The molecule has 3 rings (SSSR count). The number of rotatable bonds is 6. The summed E-state index contributed by atoms with van der Waals surface area (Å²) in [6.45, 7) is 8.13. The molecule has 1 amide bonds. The van der Waals surface area contributed by atoms with Gasteiger partial charge in [-0.2, -0.15) is 0 Å². The van der Waals surface area contributed by atoms with Gasteiger partial charge in [-0.3, -0.25) is 4.79 Å². The lowest BCUT2D eigenvalue weighted by atomic mass is 9.77. The largest absolute Gasteiger partial charge is 0.492 e. The number of nitrogens with one attached hydrogen (secondary N) is 2. The van der Waals surface area contributed by atoms with E-state index >= 15 is 0 Å². The van der Waals surface area contributed by atoms with E-state index in [0.717, 1.165) is 5.56 Å². The summed E-state index contributed by atoms with van der Waals surface area (Å²) in [6, 6.07) is 12.3. The third-order valence-electron chi connectivity index (χ3n) is 5.34. The van der Waals surface area contributed by atoms with Crippen molar-refractivity contribution in [2.24, 2.45) is 0 Å². The van der Waals surface area contributed by atoms with E-state index in [4.69, 9.17) is 14.0 Å². The quantitative estimate of drug-likeness (QED) is 0.714. The van der Waals surface area contributed by atoms with Crippen molar-refractivity contribution in [3.63, 3.8) is 0 Å². The molecule has 1 aromatic heterocycles. The summed E-state index contributed by atoms with van der Waals surface area (Å²) in [6.07, 6.45) is 2.77. The normalized spacial score (nSPS) is 17.6. The zero-order valence-electron chi connectivity index (χ0n) is 17.7. The molecule has 2 aromatic rings. The summed E-state index contributed by atoms with van der Waals surface area (Å²) in [7, 11) is -0.673. The van der Waals surface area contributed by atoms with Crippen molar-refractivity contribution >= 4 is 19.3 Å². The highest BCUT2D eigenvalue weighted by molar-refractivity contribution is 6.56. The van der Waals surface area contributed by atoms with Crippen LogP contribution in [0.1, 0.15) is 39.0 Å². The van der Waals surface area contributed by atoms with Crippen LogP contribution in [-0.4, -0.2) is 35.9 Å². The Kier molecular flexibility index (Phi) is 6.48. The van der Waals surface area contributed by atoms with Gasteiger partial charge in [0.2, 0.25) is 0 Å². The molecule has 1 aliphatic heterocycles. The van der Waals surface area contributed by atoms with Gasteiger partial charge in [-0.15, -0.1) is 0 Å². The van der Waals surface area contributed by atoms with Crippen LogP contribution < -0.4 is 10.7 Å². The van der Waals surface area contributed by atoms with Crippen LogP contribution in [0, 0.1) is 0 Å². The van der Waals surface area contributed by atoms with Gasteiger partial charge in [0.05, 0.1) is 11.2 Å². The number of carbonyl (C=O) groups is 1. The van der Waals surface area contributed by atoms with E-state index < -0.39 is 24.4 Å². The monoisotopic (exact) mass is 410 g/mol. The Morgan fingerprint density at radius 2 is 1.80 bits per heavy atom. The van der Waals surface area contributed by atoms with E-state index in [9.17, 15) is 9.59 Å². The average Bonchev–Trinajstić information content (AvgIpc) is 2.91. The highest BCUT2D eigenvalue weighted by atomic mass is 16.7. The lowest BCUT2D eigenvalue weighted by Crippen LogP contribution is -2.41. The number of aromatic amines is 1. The summed E-state index contributed by atoms with van der Waals surface area (Å²) in [4.78, 5) is 26.9. The lowest BCUT2D eigenvalue weighted by molar-refractivity contribution is 0.00578. The molecule has 2 heterocycles. The molecular formula is C22H27BN2O5. The predicted octanol–water partition coefficient (Wildman–Crippen LogP) is 3.32. The van der Waals surface area contributed by atoms with Crippen molar-refractivity contribution in [2.45, 2.75) is 45.5 Å². The third-order valence-corrected chi connectivity index (χ3v) is 5.34. The van der Waals surface area contributed by atoms with Gasteiger partial charge >= 0.3 is 13.2 Å². The van der Waals surface area contributed by atoms with Crippen molar-refractivity contribution in [3.8, 4) is 0 Å². The summed E-state index contributed by atoms with van der Waals surface area (Å²) in [5.41, 5.74) is 0.960. The fourth-order valence-electron chi connectivity index (χ4n) is 2.89. The topological polar surface area (TPSA) is 89.7 Å². The molecular weight excluding hydrogens is 383 g/mol. The van der Waals surface area contributed by atoms with Crippen molar-refractivity contribution in [1.82, 2.24) is 10.3 Å². The standard InChI is InChI=1S/C22H27BN2O5/c1-21(2)22(3,4)30-23(29-21)17(12-18-13-19(26)10-11-24-18)14-25-20(27)28-15-16-8-6-5-7-9-16/h5-13H,14-15H2,1-4H3,(H,24,26)(H,25,27). The Hall–Kier alpha value is -2.84. The average molecular weight is 410 g/mol. The summed E-state index contributed by atoms with van der Waals surface area (Å²) >= 11 is 0. The SMILES string of the molecule is CC1(C)OB(C(=Cc2cc(=O)cc[nH]2)CNC(=O)OCc2ccccc2)OC1(C)C. The predicted molar refractivity (Wildman–Crippen MR) is 116 cm³/mol. The number of ether oxygens (including phenoxy) is 1. The number of benzene rings is 1. The van der Waals surface area contributed by atoms with Gasteiger partial charge in [0.25, 0.3) is 0 Å². The molecule has 1 aromatic carbocycles. The van der Waals surface area contributed by atoms with E-state index in [1.54, 1.807) is 12.3 Å². The number of hydrogen-bond acceptors (Lipinski definition) is 5. The van der Waals surface area contributed by atoms with E-state index in [-0.39, 0.29) is 18.6 Å². The second-order valence-corrected chi connectivity index (χ2v) is 8.20. The molecule has 0 bridgehead atoms. The van der Waals surface area contributed by atoms with Crippen LogP contribution in [0.5, 0.6) is 0 Å². The lowest BCUT2D eigenvalue weighted by Gasteiger charge is -2.32. The van der Waals surface area contributed by atoms with Gasteiger partial charge in [-0.05, 0) is 44.8 Å². The van der Waals surface area contributed by atoms with Gasteiger partial charge in [0.15, 0.2) is 5.43 Å². The molecule has 0 spiro atoms. The second-order valence-electron chi connectivity index (χ2n) is 8.20. The Morgan fingerprint density at radius 1 is 1.13 bits per heavy atom. The van der Waals surface area contributed by atoms with Gasteiger partial charge < -0.3 is 24.3 Å². The molecule has 0 unspecified atom stereocenters. The second kappa shape index (κ2) is 8.89. The minimum absolute atomic E-state index is 0.122. The molecule has 0 radical (unpaired) electrons. The van der Waals surface area contributed by atoms with Gasteiger partial charge in [-0.1, -0.05) is 30.3 Å². The Labute approximate surface area is 176 Å². The molecule has 1 saturated heterocycles. The van der Waals surface area contributed by atoms with E-state index in [1.165, 1.54) is 12.1 Å². The first kappa shape index (κ1) is 21.9. The Bertz CT molecular complexity index is 953. The fraction of sp³-hybridized carbons (Fsp3) is 0.364. The maximum Gasteiger partial charge on any atom is 0.492 e. The number of H-pyrrole nitrogens is 1. The Balaban J connectivity index is 1.72. The van der Waals surface area contributed by atoms with E-state index in [1.807, 2.05) is 58.0 Å². The summed E-state index contributed by atoms with van der Waals surface area (Å²) in [5, 5.41) is 2.74. The van der Waals surface area contributed by atoms with Crippen LogP contribution in [0.4, 0.5) is 4.79 Å². The molecule has 7 nitrogen and oxygen atoms in total. The van der Waals surface area contributed by atoms with Crippen LogP contribution in [0.3, 0.4) is 0 Å². The number of aromatic nitrogens is 1. The van der Waals surface area contributed by atoms with Crippen LogP contribution in [0.2, 0.25) is 0 Å². The zero-order chi connectivity index (χ0) is 21.8. The first-order valence-corrected chi connectivity index (χ1v) is 9.86. The van der Waals surface area contributed by atoms with Gasteiger partial charge in [-0.25, -0.2) is 4.79 Å². The van der Waals surface area contributed by atoms with Crippen molar-refractivity contribution in [3.05, 3.63) is 75.6 Å². The highest BCUT2D eigenvalue weighted by Gasteiger charge is 2.52. The maximum absolute atomic E-state index is 12.2. The highest BCUT2D eigenvalue weighted by Crippen LogP contribution is 2.38. The first-order valence-electron chi connectivity index (χ1n) is 9.86. The van der Waals surface area contributed by atoms with Gasteiger partial charge in [0.1, 0.15) is 6.61 Å². The molecule has 0 atom stereocenters. The molecule has 0 aliphatic carbocycles. The van der Waals surface area contributed by atoms with Gasteiger partial charge in [0, 0.05) is 30.6 Å². The third kappa shape index (κ3) is 5.40. The molecule has 1 aliphatic rings. The molecule has 2 N–H and O–H groups in total. The number of alkyl carbamates (subject to hydrolysis) is 1. The zero-order valence-corrected chi connectivity index (χ0v) is 17.7. The first-order chi connectivity index (χ1) is 14.2. The van der Waals surface area contributed by atoms with Crippen LogP contribution in [0.15, 0.2) is 58.9 Å². The summed E-state index contributed by atoms with van der Waals surface area (Å²) < 4.78 is 17.5. The van der Waals surface area contributed by atoms with E-state index in [2.05, 4.69) is 10.3 Å². The maximum atomic E-state index is 12.2. The van der Waals surface area contributed by atoms with E-state index in [0.29, 0.717) is 11.2 Å². The number of amides is 1. The van der Waals surface area contributed by atoms with Crippen LogP contribution in [-0.2, 0) is 20.7 Å². The molecule has 158 valence electrons. The molecule has 0 saturated carbocycles. The number of carbonyl (C=O) groups excluding carboxylic acids is 1. The molecule has 1 fully saturated rings. The fourth-order valence-corrected chi connectivity index (χ4v) is 2.89. The Morgan fingerprint density at radius 3 is 2.43 bits per heavy atom. The van der Waals surface area contributed by atoms with Crippen LogP contribution >= 0.6 is 0 Å². The molecule has 30 heavy (non-hydrogen) atoms. The summed E-state index contributed by atoms with van der Waals surface area (Å²) in [5.74, 6) is 0. The number of pyridine rings is 1. The molecule has 8 heteroatoms. The van der Waals surface area contributed by atoms with Crippen LogP contribution in [0.25, 0.3) is 6.08 Å². The van der Waals surface area contributed by atoms with Crippen molar-refractivity contribution in [1.29, 1.82) is 0 Å².